The normalized spacial score (nSPS) is 33.3. The molecule has 0 radical (unpaired) electrons. The Labute approximate surface area is 126 Å². The van der Waals surface area contributed by atoms with E-state index in [0.717, 1.165) is 18.0 Å². The number of likely N-dealkylation sites (tertiary alicyclic amines) is 1. The van der Waals surface area contributed by atoms with Gasteiger partial charge in [0.25, 0.3) is 0 Å². The fourth-order valence-corrected chi connectivity index (χ4v) is 4.07. The number of hydrogen-bond acceptors (Lipinski definition) is 2. The van der Waals surface area contributed by atoms with Crippen LogP contribution in [0.1, 0.15) is 72.1 Å². The molecule has 0 aromatic heterocycles. The molecule has 2 fully saturated rings. The van der Waals surface area contributed by atoms with Crippen molar-refractivity contribution in [2.24, 2.45) is 11.3 Å². The van der Waals surface area contributed by atoms with Gasteiger partial charge in [0.15, 0.2) is 0 Å². The largest absolute Gasteiger partial charge is 0.312 e. The van der Waals surface area contributed by atoms with Gasteiger partial charge in [-0.2, -0.15) is 0 Å². The highest BCUT2D eigenvalue weighted by Crippen LogP contribution is 2.40. The first-order chi connectivity index (χ1) is 9.53. The second-order valence-electron chi connectivity index (χ2n) is 7.93. The smallest absolute Gasteiger partial charge is 0.0217 e. The molecule has 1 heterocycles. The molecule has 1 saturated heterocycles. The van der Waals surface area contributed by atoms with Gasteiger partial charge in [0, 0.05) is 18.6 Å². The number of rotatable bonds is 5. The minimum Gasteiger partial charge on any atom is -0.312 e. The maximum absolute atomic E-state index is 3.87. The zero-order chi connectivity index (χ0) is 14.6. The first-order valence-corrected chi connectivity index (χ1v) is 8.96. The van der Waals surface area contributed by atoms with E-state index in [9.17, 15) is 0 Å². The maximum atomic E-state index is 3.87. The van der Waals surface area contributed by atoms with Gasteiger partial charge in [0.2, 0.25) is 0 Å². The Balaban J connectivity index is 1.69. The lowest BCUT2D eigenvalue weighted by atomic mass is 9.69. The van der Waals surface area contributed by atoms with Gasteiger partial charge >= 0.3 is 0 Å². The molecule has 2 heteroatoms. The van der Waals surface area contributed by atoms with Crippen LogP contribution in [-0.2, 0) is 0 Å². The summed E-state index contributed by atoms with van der Waals surface area (Å²) in [6.07, 6.45) is 11.2. The molecule has 0 spiro atoms. The topological polar surface area (TPSA) is 15.3 Å². The lowest BCUT2D eigenvalue weighted by Gasteiger charge is -2.40. The third-order valence-corrected chi connectivity index (χ3v) is 6.31. The van der Waals surface area contributed by atoms with Crippen LogP contribution in [0.5, 0.6) is 0 Å². The molecule has 0 bridgehead atoms. The number of nitrogens with one attached hydrogen (secondary N) is 1. The van der Waals surface area contributed by atoms with E-state index in [1.807, 2.05) is 0 Å². The predicted molar refractivity (Wildman–Crippen MR) is 88.1 cm³/mol. The second kappa shape index (κ2) is 7.26. The van der Waals surface area contributed by atoms with Gasteiger partial charge in [-0.15, -0.1) is 0 Å². The first-order valence-electron chi connectivity index (χ1n) is 8.96. The number of nitrogens with zero attached hydrogens (tertiary/aromatic N) is 1. The summed E-state index contributed by atoms with van der Waals surface area (Å²) in [6.45, 7) is 9.78. The molecule has 1 saturated carbocycles. The molecule has 0 amide bonds. The SMILES string of the molecule is CCC(C)(C)C1CCC(NCC2CCCCN2C)CC1. The summed E-state index contributed by atoms with van der Waals surface area (Å²) >= 11 is 0. The summed E-state index contributed by atoms with van der Waals surface area (Å²) in [5.41, 5.74) is 0.550. The Morgan fingerprint density at radius 3 is 2.35 bits per heavy atom. The highest BCUT2D eigenvalue weighted by atomic mass is 15.2. The summed E-state index contributed by atoms with van der Waals surface area (Å²) < 4.78 is 0. The van der Waals surface area contributed by atoms with Crippen molar-refractivity contribution in [1.82, 2.24) is 10.2 Å². The van der Waals surface area contributed by atoms with Crippen LogP contribution in [-0.4, -0.2) is 37.1 Å². The molecule has 2 nitrogen and oxygen atoms in total. The van der Waals surface area contributed by atoms with Crippen LogP contribution in [0, 0.1) is 11.3 Å². The minimum absolute atomic E-state index is 0.550. The summed E-state index contributed by atoms with van der Waals surface area (Å²) in [6, 6.07) is 1.57. The molecule has 0 aromatic rings. The summed E-state index contributed by atoms with van der Waals surface area (Å²) in [4.78, 5) is 2.56. The van der Waals surface area contributed by atoms with Crippen LogP contribution < -0.4 is 5.32 Å². The average Bonchev–Trinajstić information content (AvgIpc) is 2.47. The molecule has 1 aliphatic carbocycles. The van der Waals surface area contributed by atoms with Crippen LogP contribution in [0.3, 0.4) is 0 Å². The molecule has 1 N–H and O–H groups in total. The van der Waals surface area contributed by atoms with Crippen LogP contribution in [0.4, 0.5) is 0 Å². The van der Waals surface area contributed by atoms with Crippen molar-refractivity contribution in [3.63, 3.8) is 0 Å². The lowest BCUT2D eigenvalue weighted by Crippen LogP contribution is -2.46. The van der Waals surface area contributed by atoms with Crippen LogP contribution in [0.15, 0.2) is 0 Å². The maximum Gasteiger partial charge on any atom is 0.0217 e. The highest BCUT2D eigenvalue weighted by molar-refractivity contribution is 4.86. The number of likely N-dealkylation sites (N-methyl/N-ethyl adjacent to an activating group) is 1. The predicted octanol–water partition coefficient (Wildman–Crippen LogP) is 4.06. The van der Waals surface area contributed by atoms with E-state index in [1.165, 1.54) is 64.5 Å². The van der Waals surface area contributed by atoms with Crippen molar-refractivity contribution in [1.29, 1.82) is 0 Å². The molecule has 1 atom stereocenters. The van der Waals surface area contributed by atoms with Crippen molar-refractivity contribution in [3.8, 4) is 0 Å². The molecular formula is C18H36N2. The lowest BCUT2D eigenvalue weighted by molar-refractivity contribution is 0.129. The Bertz CT molecular complexity index is 279. The third-order valence-electron chi connectivity index (χ3n) is 6.31. The monoisotopic (exact) mass is 280 g/mol. The zero-order valence-corrected chi connectivity index (χ0v) is 14.3. The van der Waals surface area contributed by atoms with Crippen molar-refractivity contribution < 1.29 is 0 Å². The van der Waals surface area contributed by atoms with Gasteiger partial charge in [-0.05, 0) is 63.5 Å². The third kappa shape index (κ3) is 4.21. The summed E-state index contributed by atoms with van der Waals surface area (Å²) in [7, 11) is 2.30. The van der Waals surface area contributed by atoms with Crippen molar-refractivity contribution in [2.45, 2.75) is 84.2 Å². The van der Waals surface area contributed by atoms with Crippen LogP contribution >= 0.6 is 0 Å². The van der Waals surface area contributed by atoms with E-state index in [2.05, 4.69) is 38.0 Å². The highest BCUT2D eigenvalue weighted by Gasteiger charge is 2.32. The molecule has 2 rings (SSSR count). The Morgan fingerprint density at radius 2 is 1.75 bits per heavy atom. The number of piperidine rings is 1. The van der Waals surface area contributed by atoms with E-state index < -0.39 is 0 Å². The van der Waals surface area contributed by atoms with Crippen molar-refractivity contribution in [2.75, 3.05) is 20.1 Å². The standard InChI is InChI=1S/C18H36N2/c1-5-18(2,3)15-9-11-16(12-10-15)19-14-17-8-6-7-13-20(17)4/h15-17,19H,5-14H2,1-4H3. The van der Waals surface area contributed by atoms with E-state index >= 15 is 0 Å². The Hall–Kier alpha value is -0.0800. The quantitative estimate of drug-likeness (QED) is 0.817. The van der Waals surface area contributed by atoms with Gasteiger partial charge in [0.1, 0.15) is 0 Å². The Kier molecular flexibility index (Phi) is 5.92. The molecule has 1 unspecified atom stereocenters. The first kappa shape index (κ1) is 16.3. The van der Waals surface area contributed by atoms with Gasteiger partial charge in [-0.3, -0.25) is 0 Å². The minimum atomic E-state index is 0.550. The fraction of sp³-hybridized carbons (Fsp3) is 1.00. The molecule has 0 aromatic carbocycles. The van der Waals surface area contributed by atoms with Crippen LogP contribution in [0.2, 0.25) is 0 Å². The Morgan fingerprint density at radius 1 is 1.05 bits per heavy atom. The van der Waals surface area contributed by atoms with E-state index in [4.69, 9.17) is 0 Å². The molecule has 118 valence electrons. The summed E-state index contributed by atoms with van der Waals surface area (Å²) in [5.74, 6) is 0.947. The van der Waals surface area contributed by atoms with E-state index in [0.29, 0.717) is 5.41 Å². The van der Waals surface area contributed by atoms with Crippen molar-refractivity contribution >= 4 is 0 Å². The molecule has 20 heavy (non-hydrogen) atoms. The summed E-state index contributed by atoms with van der Waals surface area (Å²) in [5, 5.41) is 3.87. The fourth-order valence-electron chi connectivity index (χ4n) is 4.07. The van der Waals surface area contributed by atoms with E-state index in [1.54, 1.807) is 0 Å². The van der Waals surface area contributed by atoms with Gasteiger partial charge in [-0.25, -0.2) is 0 Å². The van der Waals surface area contributed by atoms with Gasteiger partial charge in [-0.1, -0.05) is 33.6 Å². The molecular weight excluding hydrogens is 244 g/mol. The van der Waals surface area contributed by atoms with Crippen molar-refractivity contribution in [3.05, 3.63) is 0 Å². The van der Waals surface area contributed by atoms with Gasteiger partial charge < -0.3 is 10.2 Å². The molecule has 1 aliphatic heterocycles. The second-order valence-corrected chi connectivity index (χ2v) is 7.93. The van der Waals surface area contributed by atoms with E-state index in [-0.39, 0.29) is 0 Å². The van der Waals surface area contributed by atoms with Gasteiger partial charge in [0.05, 0.1) is 0 Å². The number of hydrogen-bond donors (Lipinski definition) is 1. The van der Waals surface area contributed by atoms with Crippen LogP contribution in [0.25, 0.3) is 0 Å². The molecule has 2 aliphatic rings. The average molecular weight is 280 g/mol. The zero-order valence-electron chi connectivity index (χ0n) is 14.3.